The normalized spacial score (nSPS) is 12.3. The Kier molecular flexibility index (Phi) is 3.98. The molecule has 1 N–H and O–H groups in total. The maximum absolute atomic E-state index is 9.33. The summed E-state index contributed by atoms with van der Waals surface area (Å²) in [5.74, 6) is 0.816. The molecule has 18 heavy (non-hydrogen) atoms. The lowest BCUT2D eigenvalue weighted by atomic mass is 9.95. The van der Waals surface area contributed by atoms with Gasteiger partial charge in [0.25, 0.3) is 0 Å². The van der Waals surface area contributed by atoms with E-state index in [0.717, 1.165) is 17.7 Å². The van der Waals surface area contributed by atoms with Gasteiger partial charge in [-0.1, -0.05) is 19.9 Å². The molecule has 0 bridgehead atoms. The Hall–Kier alpha value is -1.83. The van der Waals surface area contributed by atoms with Gasteiger partial charge in [-0.05, 0) is 54.7 Å². The van der Waals surface area contributed by atoms with Crippen LogP contribution < -0.4 is 0 Å². The van der Waals surface area contributed by atoms with E-state index in [-0.39, 0.29) is 5.75 Å². The highest BCUT2D eigenvalue weighted by atomic mass is 16.3. The Morgan fingerprint density at radius 1 is 1.22 bits per heavy atom. The minimum absolute atomic E-state index is 0.284. The first-order chi connectivity index (χ1) is 8.70. The molecule has 2 rings (SSSR count). The Bertz CT molecular complexity index is 505. The minimum atomic E-state index is 0.284. The highest BCUT2D eigenvalue weighted by Crippen LogP contribution is 2.25. The molecule has 2 heteroatoms. The predicted molar refractivity (Wildman–Crippen MR) is 74.2 cm³/mol. The topological polar surface area (TPSA) is 33.1 Å². The van der Waals surface area contributed by atoms with Crippen molar-refractivity contribution in [2.45, 2.75) is 20.3 Å². The maximum atomic E-state index is 9.33. The van der Waals surface area contributed by atoms with Crippen LogP contribution in [0.5, 0.6) is 5.75 Å². The molecule has 1 aromatic heterocycles. The number of aromatic nitrogens is 1. The SMILES string of the molecule is C[CH]C(C)Cc1cccnc1-c1ccc(O)cc1. The molecule has 0 fully saturated rings. The zero-order valence-corrected chi connectivity index (χ0v) is 10.8. The van der Waals surface area contributed by atoms with Gasteiger partial charge in [0.1, 0.15) is 5.75 Å². The third-order valence-electron chi connectivity index (χ3n) is 3.14. The van der Waals surface area contributed by atoms with Gasteiger partial charge in [-0.2, -0.15) is 0 Å². The first-order valence-corrected chi connectivity index (χ1v) is 6.23. The van der Waals surface area contributed by atoms with Crippen LogP contribution in [0.15, 0.2) is 42.6 Å². The second kappa shape index (κ2) is 5.67. The van der Waals surface area contributed by atoms with Crippen molar-refractivity contribution in [3.8, 4) is 17.0 Å². The van der Waals surface area contributed by atoms with E-state index < -0.39 is 0 Å². The Labute approximate surface area is 108 Å². The van der Waals surface area contributed by atoms with Crippen molar-refractivity contribution in [1.82, 2.24) is 4.98 Å². The predicted octanol–water partition coefficient (Wildman–Crippen LogP) is 3.86. The van der Waals surface area contributed by atoms with Crippen LogP contribution in [0.3, 0.4) is 0 Å². The number of hydrogen-bond acceptors (Lipinski definition) is 2. The van der Waals surface area contributed by atoms with Gasteiger partial charge in [0.05, 0.1) is 5.69 Å². The van der Waals surface area contributed by atoms with Gasteiger partial charge in [0.15, 0.2) is 0 Å². The molecule has 2 aromatic rings. The zero-order valence-electron chi connectivity index (χ0n) is 10.8. The van der Waals surface area contributed by atoms with Crippen molar-refractivity contribution in [3.05, 3.63) is 54.6 Å². The summed E-state index contributed by atoms with van der Waals surface area (Å²) in [5, 5.41) is 9.33. The second-order valence-corrected chi connectivity index (χ2v) is 4.57. The fourth-order valence-electron chi connectivity index (χ4n) is 1.95. The summed E-state index contributed by atoms with van der Waals surface area (Å²) in [7, 11) is 0. The molecule has 0 aliphatic rings. The quantitative estimate of drug-likeness (QED) is 0.880. The molecule has 0 amide bonds. The Balaban J connectivity index is 2.35. The van der Waals surface area contributed by atoms with E-state index >= 15 is 0 Å². The van der Waals surface area contributed by atoms with Gasteiger partial charge in [-0.15, -0.1) is 0 Å². The lowest BCUT2D eigenvalue weighted by Gasteiger charge is -2.12. The van der Waals surface area contributed by atoms with Crippen LogP contribution in [0.2, 0.25) is 0 Å². The molecular formula is C16H18NO. The highest BCUT2D eigenvalue weighted by Gasteiger charge is 2.09. The van der Waals surface area contributed by atoms with Crippen LogP contribution in [0.4, 0.5) is 0 Å². The lowest BCUT2D eigenvalue weighted by molar-refractivity contribution is 0.475. The van der Waals surface area contributed by atoms with E-state index in [4.69, 9.17) is 0 Å². The summed E-state index contributed by atoms with van der Waals surface area (Å²) in [6.45, 7) is 4.29. The number of benzene rings is 1. The lowest BCUT2D eigenvalue weighted by Crippen LogP contribution is -2.01. The number of rotatable bonds is 4. The molecule has 0 aliphatic heterocycles. The second-order valence-electron chi connectivity index (χ2n) is 4.57. The van der Waals surface area contributed by atoms with E-state index in [1.54, 1.807) is 12.1 Å². The van der Waals surface area contributed by atoms with Gasteiger partial charge in [0, 0.05) is 11.8 Å². The molecule has 1 aromatic carbocycles. The molecule has 0 saturated heterocycles. The van der Waals surface area contributed by atoms with Crippen LogP contribution in [-0.2, 0) is 6.42 Å². The summed E-state index contributed by atoms with van der Waals surface area (Å²) in [6.07, 6.45) is 5.00. The third-order valence-corrected chi connectivity index (χ3v) is 3.14. The van der Waals surface area contributed by atoms with Gasteiger partial charge >= 0.3 is 0 Å². The van der Waals surface area contributed by atoms with E-state index in [9.17, 15) is 5.11 Å². The number of pyridine rings is 1. The summed E-state index contributed by atoms with van der Waals surface area (Å²) in [5.41, 5.74) is 3.30. The van der Waals surface area contributed by atoms with Gasteiger partial charge in [-0.25, -0.2) is 0 Å². The largest absolute Gasteiger partial charge is 0.508 e. The van der Waals surface area contributed by atoms with Crippen LogP contribution in [0.1, 0.15) is 19.4 Å². The van der Waals surface area contributed by atoms with E-state index in [0.29, 0.717) is 5.92 Å². The van der Waals surface area contributed by atoms with E-state index in [1.807, 2.05) is 24.4 Å². The summed E-state index contributed by atoms with van der Waals surface area (Å²) < 4.78 is 0. The van der Waals surface area contributed by atoms with Crippen LogP contribution in [0.25, 0.3) is 11.3 Å². The number of hydrogen-bond donors (Lipinski definition) is 1. The molecule has 0 aliphatic carbocycles. The van der Waals surface area contributed by atoms with Crippen molar-refractivity contribution in [3.63, 3.8) is 0 Å². The molecule has 0 spiro atoms. The van der Waals surface area contributed by atoms with Crippen molar-refractivity contribution in [2.75, 3.05) is 0 Å². The summed E-state index contributed by atoms with van der Waals surface area (Å²) >= 11 is 0. The zero-order chi connectivity index (χ0) is 13.0. The van der Waals surface area contributed by atoms with Gasteiger partial charge in [-0.3, -0.25) is 4.98 Å². The number of nitrogens with zero attached hydrogens (tertiary/aromatic N) is 1. The van der Waals surface area contributed by atoms with Crippen LogP contribution >= 0.6 is 0 Å². The Morgan fingerprint density at radius 3 is 2.61 bits per heavy atom. The molecule has 0 saturated carbocycles. The van der Waals surface area contributed by atoms with E-state index in [2.05, 4.69) is 31.3 Å². The molecule has 1 radical (unpaired) electrons. The maximum Gasteiger partial charge on any atom is 0.115 e. The average molecular weight is 240 g/mol. The van der Waals surface area contributed by atoms with E-state index in [1.165, 1.54) is 5.56 Å². The van der Waals surface area contributed by atoms with Crippen LogP contribution in [-0.4, -0.2) is 10.1 Å². The highest BCUT2D eigenvalue weighted by molar-refractivity contribution is 5.63. The third kappa shape index (κ3) is 2.89. The summed E-state index contributed by atoms with van der Waals surface area (Å²) in [6, 6.07) is 11.3. The Morgan fingerprint density at radius 2 is 1.94 bits per heavy atom. The van der Waals surface area contributed by atoms with Gasteiger partial charge in [0.2, 0.25) is 0 Å². The molecule has 93 valence electrons. The standard InChI is InChI=1S/C16H18NO/c1-3-12(2)11-14-5-4-10-17-16(14)13-6-8-15(18)9-7-13/h3-10,12,18H,11H2,1-2H3. The fourth-order valence-corrected chi connectivity index (χ4v) is 1.95. The number of phenols is 1. The van der Waals surface area contributed by atoms with Crippen molar-refractivity contribution >= 4 is 0 Å². The molecule has 1 heterocycles. The number of phenolic OH excluding ortho intramolecular Hbond substituents is 1. The first-order valence-electron chi connectivity index (χ1n) is 6.23. The summed E-state index contributed by atoms with van der Waals surface area (Å²) in [4.78, 5) is 4.47. The van der Waals surface area contributed by atoms with Crippen molar-refractivity contribution in [1.29, 1.82) is 0 Å². The smallest absolute Gasteiger partial charge is 0.115 e. The van der Waals surface area contributed by atoms with Crippen molar-refractivity contribution in [2.24, 2.45) is 5.92 Å². The molecule has 2 nitrogen and oxygen atoms in total. The molecule has 1 atom stereocenters. The number of aromatic hydroxyl groups is 1. The average Bonchev–Trinajstić information content (AvgIpc) is 2.40. The first kappa shape index (κ1) is 12.6. The fraction of sp³-hybridized carbons (Fsp3) is 0.250. The van der Waals surface area contributed by atoms with Crippen molar-refractivity contribution < 1.29 is 5.11 Å². The monoisotopic (exact) mass is 240 g/mol. The van der Waals surface area contributed by atoms with Gasteiger partial charge < -0.3 is 5.11 Å². The van der Waals surface area contributed by atoms with Crippen LogP contribution in [0, 0.1) is 12.3 Å². The molecular weight excluding hydrogens is 222 g/mol. The minimum Gasteiger partial charge on any atom is -0.508 e. The molecule has 1 unspecified atom stereocenters.